The molecule has 28 heavy (non-hydrogen) atoms. The first-order chi connectivity index (χ1) is 13.5. The summed E-state index contributed by atoms with van der Waals surface area (Å²) in [4.78, 5) is 21.6. The monoisotopic (exact) mass is 385 g/mol. The SMILES string of the molecule is COc1ccnc(CN2CCC(=O)N(Cc3ccc(F)cc3)[C@@H](C(C)C)C2)c1. The van der Waals surface area contributed by atoms with Crippen molar-refractivity contribution < 1.29 is 13.9 Å². The van der Waals surface area contributed by atoms with E-state index < -0.39 is 0 Å². The molecular weight excluding hydrogens is 357 g/mol. The predicted octanol–water partition coefficient (Wildman–Crippen LogP) is 3.49. The summed E-state index contributed by atoms with van der Waals surface area (Å²) in [5.74, 6) is 0.977. The van der Waals surface area contributed by atoms with Crippen molar-refractivity contribution in [3.8, 4) is 5.75 Å². The maximum Gasteiger partial charge on any atom is 0.224 e. The first kappa shape index (κ1) is 20.3. The van der Waals surface area contributed by atoms with E-state index in [-0.39, 0.29) is 17.8 Å². The van der Waals surface area contributed by atoms with Crippen LogP contribution in [0.25, 0.3) is 0 Å². The van der Waals surface area contributed by atoms with Crippen molar-refractivity contribution in [1.82, 2.24) is 14.8 Å². The molecule has 0 N–H and O–H groups in total. The lowest BCUT2D eigenvalue weighted by atomic mass is 10.0. The third-order valence-corrected chi connectivity index (χ3v) is 5.25. The number of carbonyl (C=O) groups excluding carboxylic acids is 1. The molecule has 0 aliphatic carbocycles. The summed E-state index contributed by atoms with van der Waals surface area (Å²) in [5, 5.41) is 0. The average Bonchev–Trinajstić information content (AvgIpc) is 2.84. The normalized spacial score (nSPS) is 18.4. The number of methoxy groups -OCH3 is 1. The van der Waals surface area contributed by atoms with Gasteiger partial charge in [-0.3, -0.25) is 14.7 Å². The summed E-state index contributed by atoms with van der Waals surface area (Å²) >= 11 is 0. The molecule has 1 atom stereocenters. The van der Waals surface area contributed by atoms with Crippen LogP contribution in [0.5, 0.6) is 5.75 Å². The molecule has 0 spiro atoms. The molecule has 3 rings (SSSR count). The van der Waals surface area contributed by atoms with Gasteiger partial charge in [-0.05, 0) is 29.7 Å². The number of aromatic nitrogens is 1. The van der Waals surface area contributed by atoms with Crippen LogP contribution in [0.15, 0.2) is 42.6 Å². The van der Waals surface area contributed by atoms with E-state index in [2.05, 4.69) is 23.7 Å². The molecule has 1 saturated heterocycles. The highest BCUT2D eigenvalue weighted by molar-refractivity contribution is 5.77. The van der Waals surface area contributed by atoms with Gasteiger partial charge in [0.1, 0.15) is 11.6 Å². The van der Waals surface area contributed by atoms with Gasteiger partial charge in [-0.15, -0.1) is 0 Å². The Morgan fingerprint density at radius 3 is 2.64 bits per heavy atom. The van der Waals surface area contributed by atoms with Gasteiger partial charge >= 0.3 is 0 Å². The average molecular weight is 385 g/mol. The number of hydrogen-bond acceptors (Lipinski definition) is 4. The summed E-state index contributed by atoms with van der Waals surface area (Å²) < 4.78 is 18.5. The Morgan fingerprint density at radius 2 is 1.96 bits per heavy atom. The Balaban J connectivity index is 1.76. The van der Waals surface area contributed by atoms with Crippen LogP contribution in [-0.4, -0.2) is 46.9 Å². The van der Waals surface area contributed by atoms with E-state index in [1.54, 1.807) is 25.4 Å². The highest BCUT2D eigenvalue weighted by atomic mass is 19.1. The fourth-order valence-corrected chi connectivity index (χ4v) is 3.64. The van der Waals surface area contributed by atoms with Gasteiger partial charge in [0.15, 0.2) is 0 Å². The zero-order valence-electron chi connectivity index (χ0n) is 16.8. The molecule has 5 nitrogen and oxygen atoms in total. The van der Waals surface area contributed by atoms with Crippen LogP contribution in [0.2, 0.25) is 0 Å². The minimum atomic E-state index is -0.261. The van der Waals surface area contributed by atoms with Crippen molar-refractivity contribution in [2.45, 2.75) is 39.4 Å². The summed E-state index contributed by atoms with van der Waals surface area (Å²) in [5.41, 5.74) is 1.88. The van der Waals surface area contributed by atoms with Crippen LogP contribution in [0.4, 0.5) is 4.39 Å². The molecule has 0 radical (unpaired) electrons. The standard InChI is InChI=1S/C22H28FN3O2/c1-16(2)21-15-25(14-19-12-20(28-3)8-10-24-19)11-9-22(27)26(21)13-17-4-6-18(23)7-5-17/h4-8,10,12,16,21H,9,11,13-15H2,1-3H3/t21-/m1/s1. The molecular formula is C22H28FN3O2. The summed E-state index contributed by atoms with van der Waals surface area (Å²) in [6.45, 7) is 6.95. The molecule has 6 heteroatoms. The van der Waals surface area contributed by atoms with Crippen LogP contribution in [0.3, 0.4) is 0 Å². The maximum atomic E-state index is 13.2. The van der Waals surface area contributed by atoms with Gasteiger partial charge in [0.05, 0.1) is 12.8 Å². The topological polar surface area (TPSA) is 45.7 Å². The van der Waals surface area contributed by atoms with E-state index in [9.17, 15) is 9.18 Å². The van der Waals surface area contributed by atoms with Crippen LogP contribution < -0.4 is 4.74 Å². The van der Waals surface area contributed by atoms with Crippen molar-refractivity contribution in [3.63, 3.8) is 0 Å². The highest BCUT2D eigenvalue weighted by Crippen LogP contribution is 2.22. The number of halogens is 1. The van der Waals surface area contributed by atoms with Crippen molar-refractivity contribution in [1.29, 1.82) is 0 Å². The zero-order valence-corrected chi connectivity index (χ0v) is 16.8. The van der Waals surface area contributed by atoms with Gasteiger partial charge in [0, 0.05) is 50.9 Å². The number of carbonyl (C=O) groups is 1. The Labute approximate surface area is 166 Å². The van der Waals surface area contributed by atoms with Crippen molar-refractivity contribution in [2.24, 2.45) is 5.92 Å². The molecule has 1 aliphatic heterocycles. The van der Waals surface area contributed by atoms with Gasteiger partial charge in [-0.25, -0.2) is 4.39 Å². The van der Waals surface area contributed by atoms with Gasteiger partial charge in [0.25, 0.3) is 0 Å². The van der Waals surface area contributed by atoms with Crippen molar-refractivity contribution in [2.75, 3.05) is 20.2 Å². The maximum absolute atomic E-state index is 13.2. The molecule has 1 aromatic carbocycles. The first-order valence-corrected chi connectivity index (χ1v) is 9.71. The van der Waals surface area contributed by atoms with E-state index in [1.165, 1.54) is 12.1 Å². The Kier molecular flexibility index (Phi) is 6.62. The summed E-state index contributed by atoms with van der Waals surface area (Å²) in [7, 11) is 1.64. The largest absolute Gasteiger partial charge is 0.497 e. The van der Waals surface area contributed by atoms with Crippen LogP contribution in [-0.2, 0) is 17.9 Å². The molecule has 0 unspecified atom stereocenters. The number of ether oxygens (including phenoxy) is 1. The van der Waals surface area contributed by atoms with E-state index >= 15 is 0 Å². The van der Waals surface area contributed by atoms with Gasteiger partial charge < -0.3 is 9.64 Å². The second-order valence-electron chi connectivity index (χ2n) is 7.63. The fraction of sp³-hybridized carbons (Fsp3) is 0.455. The highest BCUT2D eigenvalue weighted by Gasteiger charge is 2.31. The Bertz CT molecular complexity index is 795. The molecule has 150 valence electrons. The second-order valence-corrected chi connectivity index (χ2v) is 7.63. The molecule has 0 saturated carbocycles. The fourth-order valence-electron chi connectivity index (χ4n) is 3.64. The number of hydrogen-bond donors (Lipinski definition) is 0. The summed E-state index contributed by atoms with van der Waals surface area (Å²) in [6.07, 6.45) is 2.21. The quantitative estimate of drug-likeness (QED) is 0.764. The molecule has 2 heterocycles. The van der Waals surface area contributed by atoms with Crippen LogP contribution in [0.1, 0.15) is 31.5 Å². The van der Waals surface area contributed by atoms with E-state index in [0.29, 0.717) is 32.0 Å². The molecule has 1 amide bonds. The van der Waals surface area contributed by atoms with Gasteiger partial charge in [0.2, 0.25) is 5.91 Å². The molecule has 2 aromatic rings. The summed E-state index contributed by atoms with van der Waals surface area (Å²) in [6, 6.07) is 10.3. The third kappa shape index (κ3) is 5.07. The first-order valence-electron chi connectivity index (χ1n) is 9.71. The van der Waals surface area contributed by atoms with E-state index in [0.717, 1.165) is 23.6 Å². The number of amides is 1. The van der Waals surface area contributed by atoms with E-state index in [1.807, 2.05) is 17.0 Å². The third-order valence-electron chi connectivity index (χ3n) is 5.25. The Hall–Kier alpha value is -2.47. The minimum Gasteiger partial charge on any atom is -0.497 e. The Morgan fingerprint density at radius 1 is 1.21 bits per heavy atom. The van der Waals surface area contributed by atoms with Crippen molar-refractivity contribution in [3.05, 3.63) is 59.7 Å². The lowest BCUT2D eigenvalue weighted by Crippen LogP contribution is -2.45. The zero-order chi connectivity index (χ0) is 20.1. The number of benzene rings is 1. The lowest BCUT2D eigenvalue weighted by Gasteiger charge is -2.34. The molecule has 1 fully saturated rings. The van der Waals surface area contributed by atoms with Gasteiger partial charge in [-0.2, -0.15) is 0 Å². The van der Waals surface area contributed by atoms with Crippen LogP contribution >= 0.6 is 0 Å². The number of nitrogens with zero attached hydrogens (tertiary/aromatic N) is 3. The van der Waals surface area contributed by atoms with E-state index in [4.69, 9.17) is 4.74 Å². The smallest absolute Gasteiger partial charge is 0.224 e. The van der Waals surface area contributed by atoms with Crippen molar-refractivity contribution >= 4 is 5.91 Å². The lowest BCUT2D eigenvalue weighted by molar-refractivity contribution is -0.134. The van der Waals surface area contributed by atoms with Gasteiger partial charge in [-0.1, -0.05) is 26.0 Å². The second kappa shape index (κ2) is 9.15. The number of pyridine rings is 1. The van der Waals surface area contributed by atoms with Crippen LogP contribution in [0, 0.1) is 11.7 Å². The number of rotatable bonds is 6. The molecule has 1 aliphatic rings. The minimum absolute atomic E-state index is 0.0886. The predicted molar refractivity (Wildman–Crippen MR) is 106 cm³/mol. The molecule has 0 bridgehead atoms. The molecule has 1 aromatic heterocycles.